The number of carbonyl (C=O) groups is 2. The van der Waals surface area contributed by atoms with Crippen LogP contribution in [0.5, 0.6) is 17.2 Å². The molecule has 0 radical (unpaired) electrons. The van der Waals surface area contributed by atoms with E-state index in [9.17, 15) is 24.2 Å². The molecule has 0 fully saturated rings. The number of halogens is 1. The Morgan fingerprint density at radius 2 is 2.00 bits per heavy atom. The van der Waals surface area contributed by atoms with Crippen molar-refractivity contribution in [3.63, 3.8) is 0 Å². The Labute approximate surface area is 102 Å². The molecule has 1 aromatic rings. The van der Waals surface area contributed by atoms with Gasteiger partial charge in [0, 0.05) is 6.07 Å². The predicted molar refractivity (Wildman–Crippen MR) is 57.2 cm³/mol. The molecular formula is C11H11FO6. The first-order chi connectivity index (χ1) is 8.43. The summed E-state index contributed by atoms with van der Waals surface area (Å²) < 4.78 is 22.7. The Morgan fingerprint density at radius 3 is 2.50 bits per heavy atom. The smallest absolute Gasteiger partial charge is 0.379 e. The second-order valence-corrected chi connectivity index (χ2v) is 3.19. The Kier molecular flexibility index (Phi) is 4.09. The van der Waals surface area contributed by atoms with Gasteiger partial charge in [-0.3, -0.25) is 4.79 Å². The predicted octanol–water partition coefficient (Wildman–Crippen LogP) is 0.991. The number of methoxy groups -OCH3 is 1. The first-order valence-corrected chi connectivity index (χ1v) is 4.93. The number of phenolic OH excluding ortho intramolecular Hbond substituents is 2. The van der Waals surface area contributed by atoms with Crippen LogP contribution in [0.1, 0.15) is 17.3 Å². The number of hydrogen-bond acceptors (Lipinski definition) is 6. The van der Waals surface area contributed by atoms with Crippen LogP contribution < -0.4 is 4.74 Å². The Hall–Kier alpha value is -2.31. The average molecular weight is 258 g/mol. The average Bonchev–Trinajstić information content (AvgIpc) is 2.34. The lowest BCUT2D eigenvalue weighted by Crippen LogP contribution is -2.19. The lowest BCUT2D eigenvalue weighted by molar-refractivity contribution is -0.137. The van der Waals surface area contributed by atoms with E-state index < -0.39 is 40.4 Å². The monoisotopic (exact) mass is 258 g/mol. The van der Waals surface area contributed by atoms with Gasteiger partial charge >= 0.3 is 5.97 Å². The van der Waals surface area contributed by atoms with Crippen molar-refractivity contribution in [3.8, 4) is 17.2 Å². The number of aromatic hydroxyl groups is 2. The van der Waals surface area contributed by atoms with E-state index in [1.54, 1.807) is 0 Å². The third kappa shape index (κ3) is 2.34. The van der Waals surface area contributed by atoms with E-state index in [1.165, 1.54) is 6.92 Å². The van der Waals surface area contributed by atoms with Gasteiger partial charge in [0.15, 0.2) is 23.1 Å². The topological polar surface area (TPSA) is 93.1 Å². The zero-order valence-electron chi connectivity index (χ0n) is 9.69. The van der Waals surface area contributed by atoms with Gasteiger partial charge in [0.05, 0.1) is 13.7 Å². The van der Waals surface area contributed by atoms with E-state index in [1.807, 2.05) is 0 Å². The van der Waals surface area contributed by atoms with Crippen LogP contribution in [-0.4, -0.2) is 35.7 Å². The van der Waals surface area contributed by atoms with Crippen molar-refractivity contribution in [1.82, 2.24) is 0 Å². The third-order valence-corrected chi connectivity index (χ3v) is 2.09. The van der Waals surface area contributed by atoms with E-state index >= 15 is 0 Å². The van der Waals surface area contributed by atoms with Crippen LogP contribution in [0.15, 0.2) is 6.07 Å². The van der Waals surface area contributed by atoms with Gasteiger partial charge in [0.2, 0.25) is 0 Å². The molecule has 0 aromatic heterocycles. The maximum absolute atomic E-state index is 13.7. The minimum Gasteiger partial charge on any atom is -0.504 e. The molecule has 0 amide bonds. The molecule has 0 bridgehead atoms. The van der Waals surface area contributed by atoms with Crippen LogP contribution in [0.25, 0.3) is 0 Å². The Morgan fingerprint density at radius 1 is 1.39 bits per heavy atom. The van der Waals surface area contributed by atoms with E-state index in [-0.39, 0.29) is 6.61 Å². The number of phenols is 2. The van der Waals surface area contributed by atoms with Crippen molar-refractivity contribution in [1.29, 1.82) is 0 Å². The number of Topliss-reactive ketones (excluding diaryl/α,β-unsaturated/α-hetero) is 1. The van der Waals surface area contributed by atoms with Crippen molar-refractivity contribution >= 4 is 11.8 Å². The van der Waals surface area contributed by atoms with Crippen LogP contribution in [0.4, 0.5) is 4.39 Å². The Bertz CT molecular complexity index is 497. The molecule has 0 aliphatic heterocycles. The zero-order chi connectivity index (χ0) is 13.9. The summed E-state index contributed by atoms with van der Waals surface area (Å²) in [5, 5.41) is 18.7. The molecule has 0 heterocycles. The van der Waals surface area contributed by atoms with Crippen molar-refractivity contribution in [2.75, 3.05) is 13.7 Å². The van der Waals surface area contributed by atoms with Crippen molar-refractivity contribution in [2.45, 2.75) is 6.92 Å². The van der Waals surface area contributed by atoms with E-state index in [2.05, 4.69) is 9.47 Å². The SMILES string of the molecule is CCOC(=O)C(=O)c1c(O)c(O)cc(OC)c1F. The summed E-state index contributed by atoms with van der Waals surface area (Å²) in [6, 6.07) is 0.784. The summed E-state index contributed by atoms with van der Waals surface area (Å²) in [7, 11) is 1.10. The molecule has 0 unspecified atom stereocenters. The minimum absolute atomic E-state index is 0.0805. The summed E-state index contributed by atoms with van der Waals surface area (Å²) in [4.78, 5) is 22.7. The summed E-state index contributed by atoms with van der Waals surface area (Å²) in [6.07, 6.45) is 0. The summed E-state index contributed by atoms with van der Waals surface area (Å²) in [6.45, 7) is 1.38. The third-order valence-electron chi connectivity index (χ3n) is 2.09. The number of benzene rings is 1. The molecular weight excluding hydrogens is 247 g/mol. The maximum atomic E-state index is 13.7. The number of carbonyl (C=O) groups excluding carboxylic acids is 2. The van der Waals surface area contributed by atoms with E-state index in [4.69, 9.17) is 0 Å². The standard InChI is InChI=1S/C11H11FO6/c1-3-18-11(16)10(15)7-8(12)6(17-2)4-5(13)9(7)14/h4,13-14H,3H2,1-2H3. The molecule has 1 rings (SSSR count). The molecule has 7 heteroatoms. The van der Waals surface area contributed by atoms with Gasteiger partial charge in [-0.1, -0.05) is 0 Å². The number of rotatable bonds is 4. The molecule has 6 nitrogen and oxygen atoms in total. The van der Waals surface area contributed by atoms with Crippen molar-refractivity contribution in [3.05, 3.63) is 17.4 Å². The lowest BCUT2D eigenvalue weighted by atomic mass is 10.1. The van der Waals surface area contributed by atoms with Crippen LogP contribution in [0.3, 0.4) is 0 Å². The summed E-state index contributed by atoms with van der Waals surface area (Å²) in [5.74, 6) is -6.27. The molecule has 0 atom stereocenters. The second-order valence-electron chi connectivity index (χ2n) is 3.19. The molecule has 0 aliphatic carbocycles. The van der Waals surface area contributed by atoms with Crippen LogP contribution in [0, 0.1) is 5.82 Å². The quantitative estimate of drug-likeness (QED) is 0.362. The fraction of sp³-hybridized carbons (Fsp3) is 0.273. The number of ketones is 1. The lowest BCUT2D eigenvalue weighted by Gasteiger charge is -2.09. The van der Waals surface area contributed by atoms with E-state index in [0.717, 1.165) is 13.2 Å². The van der Waals surface area contributed by atoms with Crippen molar-refractivity contribution in [2.24, 2.45) is 0 Å². The fourth-order valence-corrected chi connectivity index (χ4v) is 1.27. The fourth-order valence-electron chi connectivity index (χ4n) is 1.27. The van der Waals surface area contributed by atoms with Gasteiger partial charge in [0.25, 0.3) is 5.78 Å². The highest BCUT2D eigenvalue weighted by Crippen LogP contribution is 2.37. The second kappa shape index (κ2) is 5.35. The van der Waals surface area contributed by atoms with Crippen molar-refractivity contribution < 1.29 is 33.7 Å². The number of hydrogen-bond donors (Lipinski definition) is 2. The summed E-state index contributed by atoms with van der Waals surface area (Å²) in [5.41, 5.74) is -0.981. The molecule has 0 aliphatic rings. The van der Waals surface area contributed by atoms with Gasteiger partial charge in [-0.25, -0.2) is 9.18 Å². The normalized spacial score (nSPS) is 9.94. The number of esters is 1. The number of ether oxygens (including phenoxy) is 2. The molecule has 0 saturated carbocycles. The highest BCUT2D eigenvalue weighted by atomic mass is 19.1. The first-order valence-electron chi connectivity index (χ1n) is 4.93. The van der Waals surface area contributed by atoms with Gasteiger partial charge in [-0.15, -0.1) is 0 Å². The van der Waals surface area contributed by atoms with Crippen LogP contribution >= 0.6 is 0 Å². The Balaban J connectivity index is 3.35. The summed E-state index contributed by atoms with van der Waals surface area (Å²) >= 11 is 0. The molecule has 1 aromatic carbocycles. The highest BCUT2D eigenvalue weighted by Gasteiger charge is 2.29. The molecule has 2 N–H and O–H groups in total. The van der Waals surface area contributed by atoms with Gasteiger partial charge in [-0.2, -0.15) is 0 Å². The van der Waals surface area contributed by atoms with Gasteiger partial charge < -0.3 is 19.7 Å². The minimum atomic E-state index is -1.40. The van der Waals surface area contributed by atoms with E-state index in [0.29, 0.717) is 0 Å². The largest absolute Gasteiger partial charge is 0.504 e. The first kappa shape index (κ1) is 13.8. The molecule has 18 heavy (non-hydrogen) atoms. The highest BCUT2D eigenvalue weighted by molar-refractivity contribution is 6.41. The van der Waals surface area contributed by atoms with Gasteiger partial charge in [-0.05, 0) is 6.92 Å². The molecule has 0 spiro atoms. The van der Waals surface area contributed by atoms with Crippen LogP contribution in [-0.2, 0) is 9.53 Å². The zero-order valence-corrected chi connectivity index (χ0v) is 9.69. The van der Waals surface area contributed by atoms with Crippen LogP contribution in [0.2, 0.25) is 0 Å². The van der Waals surface area contributed by atoms with Gasteiger partial charge in [0.1, 0.15) is 5.56 Å². The molecule has 0 saturated heterocycles. The maximum Gasteiger partial charge on any atom is 0.379 e. The molecule has 98 valence electrons.